The molecule has 2 N–H and O–H groups in total. The maximum absolute atomic E-state index is 9.94. The summed E-state index contributed by atoms with van der Waals surface area (Å²) >= 11 is 6.07. The Kier molecular flexibility index (Phi) is 6.76. The molecule has 0 bridgehead atoms. The molecular formula is C15H25ClN2O2. The van der Waals surface area contributed by atoms with Crippen LogP contribution >= 0.6 is 11.6 Å². The van der Waals surface area contributed by atoms with Gasteiger partial charge in [0.1, 0.15) is 0 Å². The van der Waals surface area contributed by atoms with Gasteiger partial charge in [-0.1, -0.05) is 11.6 Å². The molecule has 0 saturated carbocycles. The Morgan fingerprint density at radius 3 is 2.70 bits per heavy atom. The molecule has 0 aliphatic carbocycles. The number of hydrogen-bond donors (Lipinski definition) is 2. The summed E-state index contributed by atoms with van der Waals surface area (Å²) in [5.41, 5.74) is 1.44. The van der Waals surface area contributed by atoms with Crippen molar-refractivity contribution < 1.29 is 9.84 Å². The van der Waals surface area contributed by atoms with E-state index in [4.69, 9.17) is 16.3 Å². The minimum absolute atomic E-state index is 0.555. The summed E-state index contributed by atoms with van der Waals surface area (Å²) in [5, 5.41) is 14.0. The molecular weight excluding hydrogens is 276 g/mol. The maximum Gasteiger partial charge on any atom is 0.0765 e. The zero-order valence-electron chi connectivity index (χ0n) is 12.7. The van der Waals surface area contributed by atoms with Crippen LogP contribution in [0.4, 0.5) is 5.69 Å². The van der Waals surface area contributed by atoms with Crippen molar-refractivity contribution in [3.8, 4) is 0 Å². The van der Waals surface area contributed by atoms with E-state index < -0.39 is 5.60 Å². The molecule has 1 rings (SSSR count). The van der Waals surface area contributed by atoms with Crippen LogP contribution in [0.5, 0.6) is 0 Å². The Balaban J connectivity index is 2.78. The Hall–Kier alpha value is -0.810. The molecule has 0 heterocycles. The summed E-state index contributed by atoms with van der Waals surface area (Å²) in [6, 6.07) is 5.81. The van der Waals surface area contributed by atoms with Crippen molar-refractivity contribution in [3.63, 3.8) is 0 Å². The highest BCUT2D eigenvalue weighted by Gasteiger charge is 2.17. The van der Waals surface area contributed by atoms with E-state index in [1.54, 1.807) is 21.0 Å². The predicted octanol–water partition coefficient (Wildman–Crippen LogP) is 2.28. The van der Waals surface area contributed by atoms with E-state index in [-0.39, 0.29) is 0 Å². The van der Waals surface area contributed by atoms with Gasteiger partial charge in [-0.15, -0.1) is 0 Å². The normalized spacial score (nSPS) is 11.7. The largest absolute Gasteiger partial charge is 0.389 e. The lowest BCUT2D eigenvalue weighted by Crippen LogP contribution is -2.36. The van der Waals surface area contributed by atoms with Crippen LogP contribution in [0.3, 0.4) is 0 Å². The van der Waals surface area contributed by atoms with Gasteiger partial charge in [0.05, 0.1) is 12.2 Å². The highest BCUT2D eigenvalue weighted by molar-refractivity contribution is 6.30. The second-order valence-corrected chi connectivity index (χ2v) is 6.05. The van der Waals surface area contributed by atoms with Crippen molar-refractivity contribution in [1.29, 1.82) is 0 Å². The lowest BCUT2D eigenvalue weighted by atomic mass is 10.1. The zero-order valence-corrected chi connectivity index (χ0v) is 13.5. The number of methoxy groups -OCH3 is 1. The fraction of sp³-hybridized carbons (Fsp3) is 0.600. The fourth-order valence-corrected chi connectivity index (χ4v) is 2.33. The third kappa shape index (κ3) is 6.09. The first-order chi connectivity index (χ1) is 9.33. The monoisotopic (exact) mass is 300 g/mol. The van der Waals surface area contributed by atoms with Crippen molar-refractivity contribution in [2.45, 2.75) is 26.0 Å². The third-order valence-electron chi connectivity index (χ3n) is 2.88. The molecule has 5 heteroatoms. The molecule has 0 amide bonds. The number of ether oxygens (including phenoxy) is 1. The van der Waals surface area contributed by atoms with Crippen molar-refractivity contribution in [1.82, 2.24) is 5.32 Å². The van der Waals surface area contributed by atoms with Crippen LogP contribution in [-0.4, -0.2) is 44.6 Å². The van der Waals surface area contributed by atoms with E-state index in [0.717, 1.165) is 24.3 Å². The summed E-state index contributed by atoms with van der Waals surface area (Å²) in [6.07, 6.45) is 0. The van der Waals surface area contributed by atoms with E-state index in [1.165, 1.54) is 0 Å². The number of halogens is 1. The smallest absolute Gasteiger partial charge is 0.0765 e. The maximum atomic E-state index is 9.94. The van der Waals surface area contributed by atoms with Crippen LogP contribution in [0.2, 0.25) is 5.02 Å². The molecule has 0 spiro atoms. The van der Waals surface area contributed by atoms with E-state index in [2.05, 4.69) is 5.32 Å². The van der Waals surface area contributed by atoms with Crippen LogP contribution in [0.1, 0.15) is 19.4 Å². The van der Waals surface area contributed by atoms with Crippen LogP contribution < -0.4 is 10.2 Å². The average molecular weight is 301 g/mol. The molecule has 0 fully saturated rings. The van der Waals surface area contributed by atoms with Crippen LogP contribution in [0, 0.1) is 0 Å². The third-order valence-corrected chi connectivity index (χ3v) is 3.11. The molecule has 0 aliphatic heterocycles. The van der Waals surface area contributed by atoms with E-state index in [1.807, 2.05) is 30.1 Å². The van der Waals surface area contributed by atoms with Crippen molar-refractivity contribution in [2.24, 2.45) is 0 Å². The van der Waals surface area contributed by atoms with Gasteiger partial charge < -0.3 is 20.1 Å². The highest BCUT2D eigenvalue weighted by Crippen LogP contribution is 2.24. The first-order valence-corrected chi connectivity index (χ1v) is 7.13. The molecule has 0 aliphatic rings. The molecule has 1 aromatic rings. The minimum Gasteiger partial charge on any atom is -0.389 e. The van der Waals surface area contributed by atoms with Crippen molar-refractivity contribution in [2.75, 3.05) is 38.8 Å². The van der Waals surface area contributed by atoms with Gasteiger partial charge in [-0.05, 0) is 37.6 Å². The van der Waals surface area contributed by atoms with E-state index in [0.29, 0.717) is 18.2 Å². The number of benzene rings is 1. The SMILES string of the molecule is COCCNCc1cc(Cl)ccc1N(C)CC(C)(C)O. The van der Waals surface area contributed by atoms with Gasteiger partial charge in [0.2, 0.25) is 0 Å². The number of aliphatic hydroxyl groups is 1. The first kappa shape index (κ1) is 17.2. The van der Waals surface area contributed by atoms with Crippen molar-refractivity contribution in [3.05, 3.63) is 28.8 Å². The highest BCUT2D eigenvalue weighted by atomic mass is 35.5. The Bertz CT molecular complexity index is 419. The molecule has 0 atom stereocenters. The summed E-state index contributed by atoms with van der Waals surface area (Å²) in [7, 11) is 3.66. The Morgan fingerprint density at radius 1 is 1.40 bits per heavy atom. The molecule has 1 aromatic carbocycles. The second kappa shape index (κ2) is 7.84. The number of nitrogens with one attached hydrogen (secondary N) is 1. The minimum atomic E-state index is -0.741. The number of likely N-dealkylation sites (N-methyl/N-ethyl adjacent to an activating group) is 1. The van der Waals surface area contributed by atoms with E-state index >= 15 is 0 Å². The predicted molar refractivity (Wildman–Crippen MR) is 84.6 cm³/mol. The van der Waals surface area contributed by atoms with Crippen LogP contribution in [0.15, 0.2) is 18.2 Å². The second-order valence-electron chi connectivity index (χ2n) is 5.61. The average Bonchev–Trinajstić information content (AvgIpc) is 2.32. The first-order valence-electron chi connectivity index (χ1n) is 6.75. The van der Waals surface area contributed by atoms with Gasteiger partial charge in [0.25, 0.3) is 0 Å². The van der Waals surface area contributed by atoms with Gasteiger partial charge in [0, 0.05) is 44.5 Å². The lowest BCUT2D eigenvalue weighted by molar-refractivity contribution is 0.0886. The molecule has 20 heavy (non-hydrogen) atoms. The molecule has 114 valence electrons. The molecule has 4 nitrogen and oxygen atoms in total. The molecule has 0 saturated heterocycles. The number of anilines is 1. The summed E-state index contributed by atoms with van der Waals surface area (Å²) < 4.78 is 5.02. The van der Waals surface area contributed by atoms with Gasteiger partial charge in [0.15, 0.2) is 0 Å². The quantitative estimate of drug-likeness (QED) is 0.723. The van der Waals surface area contributed by atoms with Crippen LogP contribution in [-0.2, 0) is 11.3 Å². The standard InChI is InChI=1S/C15H25ClN2O2/c1-15(2,19)11-18(3)14-6-5-13(16)9-12(14)10-17-7-8-20-4/h5-6,9,17,19H,7-8,10-11H2,1-4H3. The molecule has 0 radical (unpaired) electrons. The topological polar surface area (TPSA) is 44.7 Å². The summed E-state index contributed by atoms with van der Waals surface area (Å²) in [4.78, 5) is 2.05. The van der Waals surface area contributed by atoms with Gasteiger partial charge in [-0.25, -0.2) is 0 Å². The summed E-state index contributed by atoms with van der Waals surface area (Å²) in [5.74, 6) is 0. The Morgan fingerprint density at radius 2 is 2.10 bits per heavy atom. The van der Waals surface area contributed by atoms with Crippen LogP contribution in [0.25, 0.3) is 0 Å². The zero-order chi connectivity index (χ0) is 15.2. The fourth-order valence-electron chi connectivity index (χ4n) is 2.13. The van der Waals surface area contributed by atoms with Gasteiger partial charge in [-0.3, -0.25) is 0 Å². The van der Waals surface area contributed by atoms with Gasteiger partial charge >= 0.3 is 0 Å². The number of hydrogen-bond acceptors (Lipinski definition) is 4. The molecule has 0 unspecified atom stereocenters. The van der Waals surface area contributed by atoms with E-state index in [9.17, 15) is 5.11 Å². The van der Waals surface area contributed by atoms with Gasteiger partial charge in [-0.2, -0.15) is 0 Å². The lowest BCUT2D eigenvalue weighted by Gasteiger charge is -2.29. The Labute approximate surface area is 126 Å². The van der Waals surface area contributed by atoms with Crippen molar-refractivity contribution >= 4 is 17.3 Å². The summed E-state index contributed by atoms with van der Waals surface area (Å²) in [6.45, 7) is 6.34. The molecule has 0 aromatic heterocycles. The number of rotatable bonds is 8. The number of nitrogens with zero attached hydrogens (tertiary/aromatic N) is 1.